The molecule has 0 fully saturated rings. The lowest BCUT2D eigenvalue weighted by Crippen LogP contribution is -2.59. The fourth-order valence-corrected chi connectivity index (χ4v) is 14.5. The van der Waals surface area contributed by atoms with Gasteiger partial charge in [-0.2, -0.15) is 14.2 Å². The van der Waals surface area contributed by atoms with Gasteiger partial charge in [0.05, 0.1) is 41.4 Å². The van der Waals surface area contributed by atoms with E-state index < -0.39 is 127 Å². The number of likely N-dealkylation sites (N-methyl/N-ethyl adjacent to an activating group) is 3. The quantitative estimate of drug-likeness (QED) is 0.0284. The van der Waals surface area contributed by atoms with Crippen molar-refractivity contribution in [2.24, 2.45) is 59.2 Å². The molecule has 15 amide bonds. The summed E-state index contributed by atoms with van der Waals surface area (Å²) in [4.78, 5) is 196. The van der Waals surface area contributed by atoms with Gasteiger partial charge in [-0.25, -0.2) is 0 Å². The molecular weight excluding hydrogens is 1790 g/mol. The molecule has 19 N–H and O–H groups in total. The summed E-state index contributed by atoms with van der Waals surface area (Å²) in [6, 6.07) is -2.74. The van der Waals surface area contributed by atoms with E-state index in [-0.39, 0.29) is 142 Å². The molecule has 0 aliphatic carbocycles. The number of nitrogens with one attached hydrogen (secondary N) is 18. The molecule has 40 nitrogen and oxygen atoms in total. The Hall–Kier alpha value is -11.3. The second-order valence-electron chi connectivity index (χ2n) is 38.4. The first-order valence-electron chi connectivity index (χ1n) is 49.7. The minimum Gasteiger partial charge on any atom is -0.619 e. The first kappa shape index (κ1) is 126. The Kier molecular flexibility index (Phi) is 60.1. The van der Waals surface area contributed by atoms with Crippen LogP contribution < -0.4 is 110 Å². The third kappa shape index (κ3) is 47.0. The largest absolute Gasteiger partial charge is 0.619 e. The van der Waals surface area contributed by atoms with Crippen molar-refractivity contribution in [2.45, 2.75) is 342 Å². The van der Waals surface area contributed by atoms with Crippen LogP contribution in [0, 0.1) is 74.8 Å². The average molecular weight is 1960 g/mol. The van der Waals surface area contributed by atoms with Gasteiger partial charge in [-0.15, -0.1) is 0 Å². The Morgan fingerprint density at radius 3 is 0.755 bits per heavy atom. The average Bonchev–Trinajstić information content (AvgIpc) is 0.849. The Balaban J connectivity index is 0.00000104. The molecule has 0 radical (unpaired) electrons. The molecule has 3 aromatic rings. The van der Waals surface area contributed by atoms with Crippen molar-refractivity contribution in [1.29, 1.82) is 0 Å². The van der Waals surface area contributed by atoms with Gasteiger partial charge in [0.15, 0.2) is 37.2 Å². The minimum atomic E-state index is -1.30. The highest BCUT2D eigenvalue weighted by Gasteiger charge is 2.38. The molecule has 0 bridgehead atoms. The third-order valence-corrected chi connectivity index (χ3v) is 23.9. The fraction of sp³-hybridized carbons (Fsp3) is 0.697. The Labute approximate surface area is 824 Å². The second-order valence-corrected chi connectivity index (χ2v) is 38.4. The van der Waals surface area contributed by atoms with Crippen molar-refractivity contribution in [3.8, 4) is 0 Å². The van der Waals surface area contributed by atoms with Crippen molar-refractivity contribution < 1.29 is 91.2 Å². The monoisotopic (exact) mass is 1960 g/mol. The molecule has 786 valence electrons. The van der Waals surface area contributed by atoms with Crippen LogP contribution in [-0.2, 0) is 57.5 Å². The molecule has 19 atom stereocenters. The Bertz CT molecular complexity index is 4260. The maximum atomic E-state index is 13.7. The molecule has 3 rings (SSSR count). The Morgan fingerprint density at radius 2 is 0.518 bits per heavy atom. The van der Waals surface area contributed by atoms with Crippen molar-refractivity contribution in [1.82, 2.24) is 95.7 Å². The maximum absolute atomic E-state index is 13.7. The fourth-order valence-electron chi connectivity index (χ4n) is 14.5. The van der Waals surface area contributed by atoms with E-state index in [1.54, 1.807) is 34.6 Å². The maximum Gasteiger partial charge on any atom is 0.252 e. The van der Waals surface area contributed by atoms with E-state index in [1.165, 1.54) is 73.6 Å². The smallest absolute Gasteiger partial charge is 0.252 e. The number of hydrogen-bond donors (Lipinski definition) is 19. The molecule has 0 aliphatic rings. The van der Waals surface area contributed by atoms with Gasteiger partial charge in [0.1, 0.15) is 54.4 Å². The van der Waals surface area contributed by atoms with Crippen LogP contribution in [0.15, 0.2) is 73.6 Å². The van der Waals surface area contributed by atoms with Crippen LogP contribution in [0.25, 0.3) is 0 Å². The van der Waals surface area contributed by atoms with Gasteiger partial charge in [0.2, 0.25) is 70.9 Å². The zero-order chi connectivity index (χ0) is 106. The predicted octanol–water partition coefficient (Wildman–Crippen LogP) is 3.43. The topological polar surface area (TPSA) is 574 Å². The number of rotatable bonds is 60. The number of unbranched alkanes of at least 4 members (excludes halogenated alkanes) is 1. The molecule has 0 spiro atoms. The summed E-state index contributed by atoms with van der Waals surface area (Å²) in [5.74, 6) is -6.87. The SMILES string of the molecule is CCCC[C@H](NC(=O)[C@@H](NC(=O)c1cc[n+]([O-])cc1)[C@@H](C)CC)C(=O)N[C@H](CN[C@@H](C)C(=O)N[C@H](C(=O)NCC)C(C)C)CC(C)C.CCNC(=O)[C@@H](NC(=O)[C@H](C)NC[C@H](CC(C)C)NC(=O)[C@@H](NC(=O)[C@@H](NC(=O)c1cc[n+]([O-])cc1)[C@@H](C)CC)[C@@H](C)CC)C(C)C.CCNC(=O)[C@@H](NC(=O)[C@H](C)NC[C@H](CC(C)C)NC(=O)[C@H](CO)NC(=O)[C@@H](NC(=O)c1cc[n+]([O-])cc1)[C@@H](C)CC)C(C)C. The van der Waals surface area contributed by atoms with E-state index >= 15 is 0 Å². The third-order valence-electron chi connectivity index (χ3n) is 23.9. The lowest BCUT2D eigenvalue weighted by atomic mass is 9.94. The van der Waals surface area contributed by atoms with E-state index in [2.05, 4.69) is 95.7 Å². The van der Waals surface area contributed by atoms with E-state index in [0.29, 0.717) is 105 Å². The van der Waals surface area contributed by atoms with Gasteiger partial charge in [0, 0.05) is 93.8 Å². The summed E-state index contributed by atoms with van der Waals surface area (Å²) >= 11 is 0. The van der Waals surface area contributed by atoms with E-state index in [1.807, 2.05) is 152 Å². The molecule has 40 heteroatoms. The number of aliphatic hydroxyl groups is 1. The summed E-state index contributed by atoms with van der Waals surface area (Å²) in [6.07, 6.45) is 13.3. The van der Waals surface area contributed by atoms with Gasteiger partial charge in [-0.1, -0.05) is 184 Å². The summed E-state index contributed by atoms with van der Waals surface area (Å²) in [7, 11) is 0. The van der Waals surface area contributed by atoms with Crippen LogP contribution in [0.1, 0.15) is 282 Å². The zero-order valence-electron chi connectivity index (χ0n) is 87.5. The standard InChI is InChI=1S/2C34H59N7O6.C31H53N7O7/c1-11-22(8)28(40-34(46)29(23(9)12-2)39-31(43)25-14-16-41(47)17-15-25)33(45)37-26(18-20(4)5)19-36-24(10)30(42)38-27(21(6)7)32(44)35-13-3;1-10-13-14-27(38-34(46)29(23(8)11-2)40-31(43)25-15-17-41(47)18-16-25)32(44)37-26(19-21(4)5)20-36-24(9)30(42)39-28(22(6)7)33(45)35-12-3;1-9-20(7)26(37-28(41)22-11-13-38(45)14-12-22)31(44)35-24(17-39)29(42)34-23(15-18(3)4)16-33-21(8)27(40)36-25(19(5)6)30(43)32-10-2/h14-17,20-24,26-29,36H,11-13,18-19H2,1-10H3,(H,35,44)(H,37,45)(H,38,42)(H,39,43)(H,40,46);15-18,21-24,26-29,36H,10-14,19-20H2,1-9H3,(H,35,45)(H,37,44)(H,38,46)(H,39,42)(H,40,43);11-14,18-21,23-26,33,39H,9-10,15-17H2,1-8H3,(H,32,43)(H,34,42)(H,35,44)(H,36,40)(H,37,41)/t22-,23-,24-,26-,27-,28-,29-;23-,24-,26-,27-,28-,29-;20-,21-,23-,24-,25-,26-/m000/s1. The first-order chi connectivity index (χ1) is 65.3. The van der Waals surface area contributed by atoms with Gasteiger partial charge in [-0.3, -0.25) is 71.9 Å². The number of hydrogen-bond acceptors (Lipinski definition) is 22. The lowest BCUT2D eigenvalue weighted by Gasteiger charge is -2.31. The molecule has 0 aromatic carbocycles. The minimum absolute atomic E-state index is 0.0985. The summed E-state index contributed by atoms with van der Waals surface area (Å²) in [5.41, 5.74) is 0.676. The van der Waals surface area contributed by atoms with Crippen LogP contribution in [0.2, 0.25) is 0 Å². The normalized spacial score (nSPS) is 15.4. The predicted molar refractivity (Wildman–Crippen MR) is 533 cm³/mol. The van der Waals surface area contributed by atoms with Gasteiger partial charge < -0.3 is 116 Å². The van der Waals surface area contributed by atoms with Gasteiger partial charge >= 0.3 is 0 Å². The van der Waals surface area contributed by atoms with Crippen LogP contribution in [0.4, 0.5) is 0 Å². The number of aliphatic hydroxyl groups excluding tert-OH is 1. The molecule has 3 heterocycles. The highest BCUT2D eigenvalue weighted by molar-refractivity contribution is 6.01. The van der Waals surface area contributed by atoms with E-state index in [4.69, 9.17) is 0 Å². The van der Waals surface area contributed by atoms with Crippen molar-refractivity contribution in [3.63, 3.8) is 0 Å². The number of aromatic nitrogens is 3. The molecule has 0 unspecified atom stereocenters. The molecule has 0 saturated heterocycles. The lowest BCUT2D eigenvalue weighted by molar-refractivity contribution is -0.605. The second kappa shape index (κ2) is 66.4. The number of pyridine rings is 3. The Morgan fingerprint density at radius 1 is 0.288 bits per heavy atom. The number of amides is 15. The van der Waals surface area contributed by atoms with Crippen molar-refractivity contribution >= 4 is 88.6 Å². The summed E-state index contributed by atoms with van der Waals surface area (Å²) in [5, 5.41) is 95.9. The molecule has 3 aromatic heterocycles. The van der Waals surface area contributed by atoms with Crippen LogP contribution >= 0.6 is 0 Å². The number of nitrogens with zero attached hydrogens (tertiary/aromatic N) is 3. The van der Waals surface area contributed by atoms with Gasteiger partial charge in [0.25, 0.3) is 17.7 Å². The highest BCUT2D eigenvalue weighted by atomic mass is 16.5. The molecule has 0 aliphatic heterocycles. The van der Waals surface area contributed by atoms with Crippen LogP contribution in [-0.4, -0.2) is 230 Å². The molecular formula is C99H171N21O19. The summed E-state index contributed by atoms with van der Waals surface area (Å²) < 4.78 is 1.67. The highest BCUT2D eigenvalue weighted by Crippen LogP contribution is 2.19. The van der Waals surface area contributed by atoms with Crippen LogP contribution in [0.3, 0.4) is 0 Å². The first-order valence-corrected chi connectivity index (χ1v) is 49.7. The summed E-state index contributed by atoms with van der Waals surface area (Å²) in [6.45, 7) is 52.2. The number of carbonyl (C=O) groups excluding carboxylic acids is 15. The van der Waals surface area contributed by atoms with Crippen LogP contribution in [0.5, 0.6) is 0 Å². The van der Waals surface area contributed by atoms with Crippen molar-refractivity contribution in [2.75, 3.05) is 45.9 Å². The number of carbonyl (C=O) groups is 15. The molecule has 139 heavy (non-hydrogen) atoms. The van der Waals surface area contributed by atoms with E-state index in [9.17, 15) is 92.6 Å². The van der Waals surface area contributed by atoms with Crippen molar-refractivity contribution in [3.05, 3.63) is 106 Å². The van der Waals surface area contributed by atoms with E-state index in [0.717, 1.165) is 6.42 Å². The molecule has 0 saturated carbocycles. The van der Waals surface area contributed by atoms with Gasteiger partial charge in [-0.05, 0) is 126 Å². The zero-order valence-corrected chi connectivity index (χ0v) is 87.5.